The van der Waals surface area contributed by atoms with E-state index in [-0.39, 0.29) is 18.2 Å². The summed E-state index contributed by atoms with van der Waals surface area (Å²) in [5.41, 5.74) is 0.869. The number of likely N-dealkylation sites (tertiary alicyclic amines) is 1. The average Bonchev–Trinajstić information content (AvgIpc) is 2.42. The molecular weight excluding hydrogens is 326 g/mol. The molecule has 2 heterocycles. The standard InChI is InChI=1S/C13H16BrN3O3/c1-8-12(14)9(2)17(13(20)15-8)7-11(19)16-5-3-10(18)4-6-16/h3-7H2,1-2H3. The van der Waals surface area contributed by atoms with Gasteiger partial charge in [0.1, 0.15) is 12.3 Å². The highest BCUT2D eigenvalue weighted by Gasteiger charge is 2.22. The molecule has 0 radical (unpaired) electrons. The number of ketones is 1. The maximum Gasteiger partial charge on any atom is 0.348 e. The van der Waals surface area contributed by atoms with Crippen molar-refractivity contribution >= 4 is 27.6 Å². The summed E-state index contributed by atoms with van der Waals surface area (Å²) in [6, 6.07) is 0. The number of piperidine rings is 1. The molecule has 1 aliphatic heterocycles. The molecule has 0 saturated carbocycles. The first-order valence-electron chi connectivity index (χ1n) is 6.43. The van der Waals surface area contributed by atoms with Gasteiger partial charge in [0, 0.05) is 31.6 Å². The average molecular weight is 342 g/mol. The van der Waals surface area contributed by atoms with Gasteiger partial charge in [0.05, 0.1) is 10.2 Å². The zero-order valence-corrected chi connectivity index (χ0v) is 13.1. The number of aromatic nitrogens is 2. The van der Waals surface area contributed by atoms with Crippen LogP contribution in [0.1, 0.15) is 24.2 Å². The first-order chi connectivity index (χ1) is 9.40. The Morgan fingerprint density at radius 2 is 1.85 bits per heavy atom. The Balaban J connectivity index is 2.18. The Kier molecular flexibility index (Phi) is 4.37. The summed E-state index contributed by atoms with van der Waals surface area (Å²) in [5, 5.41) is 0. The maximum atomic E-state index is 12.2. The highest BCUT2D eigenvalue weighted by Crippen LogP contribution is 2.17. The second-order valence-electron chi connectivity index (χ2n) is 4.88. The highest BCUT2D eigenvalue weighted by molar-refractivity contribution is 9.10. The molecule has 2 rings (SSSR count). The minimum atomic E-state index is -0.426. The fourth-order valence-electron chi connectivity index (χ4n) is 2.20. The van der Waals surface area contributed by atoms with Crippen LogP contribution in [0.3, 0.4) is 0 Å². The molecule has 0 aromatic carbocycles. The number of amides is 1. The summed E-state index contributed by atoms with van der Waals surface area (Å²) >= 11 is 3.37. The number of rotatable bonds is 2. The number of halogens is 1. The zero-order chi connectivity index (χ0) is 14.9. The molecule has 6 nitrogen and oxygen atoms in total. The Morgan fingerprint density at radius 3 is 2.45 bits per heavy atom. The van der Waals surface area contributed by atoms with Gasteiger partial charge in [-0.1, -0.05) is 0 Å². The third kappa shape index (κ3) is 2.98. The van der Waals surface area contributed by atoms with Gasteiger partial charge in [-0.25, -0.2) is 4.79 Å². The van der Waals surface area contributed by atoms with Crippen LogP contribution in [0, 0.1) is 13.8 Å². The van der Waals surface area contributed by atoms with E-state index in [1.54, 1.807) is 18.7 Å². The van der Waals surface area contributed by atoms with Gasteiger partial charge in [0.15, 0.2) is 0 Å². The third-order valence-corrected chi connectivity index (χ3v) is 4.65. The number of carbonyl (C=O) groups excluding carboxylic acids is 2. The van der Waals surface area contributed by atoms with Crippen molar-refractivity contribution < 1.29 is 9.59 Å². The maximum absolute atomic E-state index is 12.2. The monoisotopic (exact) mass is 341 g/mol. The van der Waals surface area contributed by atoms with Gasteiger partial charge in [-0.05, 0) is 29.8 Å². The molecule has 1 saturated heterocycles. The molecule has 108 valence electrons. The van der Waals surface area contributed by atoms with Gasteiger partial charge in [-0.15, -0.1) is 0 Å². The Hall–Kier alpha value is -1.50. The van der Waals surface area contributed by atoms with Crippen LogP contribution < -0.4 is 5.69 Å². The minimum absolute atomic E-state index is 0.0370. The quantitative estimate of drug-likeness (QED) is 0.798. The van der Waals surface area contributed by atoms with Gasteiger partial charge in [-0.2, -0.15) is 4.98 Å². The summed E-state index contributed by atoms with van der Waals surface area (Å²) in [4.78, 5) is 40.8. The number of hydrogen-bond acceptors (Lipinski definition) is 4. The van der Waals surface area contributed by atoms with Crippen molar-refractivity contribution in [1.29, 1.82) is 0 Å². The highest BCUT2D eigenvalue weighted by atomic mass is 79.9. The minimum Gasteiger partial charge on any atom is -0.340 e. The predicted molar refractivity (Wildman–Crippen MR) is 76.5 cm³/mol. The van der Waals surface area contributed by atoms with Gasteiger partial charge in [0.2, 0.25) is 5.91 Å². The molecule has 7 heteroatoms. The van der Waals surface area contributed by atoms with Crippen LogP contribution in [0.4, 0.5) is 0 Å². The molecule has 20 heavy (non-hydrogen) atoms. The summed E-state index contributed by atoms with van der Waals surface area (Å²) in [6.45, 7) is 4.34. The third-order valence-electron chi connectivity index (χ3n) is 3.50. The molecule has 0 spiro atoms. The van der Waals surface area contributed by atoms with E-state index in [0.717, 1.165) is 4.47 Å². The SMILES string of the molecule is Cc1nc(=O)n(CC(=O)N2CCC(=O)CC2)c(C)c1Br. The number of aryl methyl sites for hydroxylation is 1. The van der Waals surface area contributed by atoms with Crippen molar-refractivity contribution in [2.24, 2.45) is 0 Å². The van der Waals surface area contributed by atoms with E-state index < -0.39 is 5.69 Å². The van der Waals surface area contributed by atoms with Gasteiger partial charge in [-0.3, -0.25) is 14.2 Å². The van der Waals surface area contributed by atoms with E-state index in [1.807, 2.05) is 0 Å². The van der Waals surface area contributed by atoms with E-state index >= 15 is 0 Å². The lowest BCUT2D eigenvalue weighted by atomic mass is 10.1. The Morgan fingerprint density at radius 1 is 1.25 bits per heavy atom. The molecule has 1 amide bonds. The van der Waals surface area contributed by atoms with Crippen LogP contribution in [0.15, 0.2) is 9.27 Å². The number of nitrogens with zero attached hydrogens (tertiary/aromatic N) is 3. The van der Waals surface area contributed by atoms with Crippen molar-refractivity contribution in [2.75, 3.05) is 13.1 Å². The number of Topliss-reactive ketones (excluding diaryl/α,β-unsaturated/α-hetero) is 1. The van der Waals surface area contributed by atoms with Crippen molar-refractivity contribution in [1.82, 2.24) is 14.5 Å². The van der Waals surface area contributed by atoms with Crippen LogP contribution in [0.5, 0.6) is 0 Å². The first kappa shape index (κ1) is 14.9. The molecule has 0 N–H and O–H groups in total. The van der Waals surface area contributed by atoms with Gasteiger partial charge >= 0.3 is 5.69 Å². The topological polar surface area (TPSA) is 72.3 Å². The van der Waals surface area contributed by atoms with Crippen molar-refractivity contribution in [3.63, 3.8) is 0 Å². The summed E-state index contributed by atoms with van der Waals surface area (Å²) in [7, 11) is 0. The van der Waals surface area contributed by atoms with Crippen molar-refractivity contribution in [2.45, 2.75) is 33.2 Å². The molecule has 1 aromatic heterocycles. The van der Waals surface area contributed by atoms with E-state index in [2.05, 4.69) is 20.9 Å². The lowest BCUT2D eigenvalue weighted by molar-refractivity contribution is -0.135. The number of hydrogen-bond donors (Lipinski definition) is 0. The van der Waals surface area contributed by atoms with E-state index in [4.69, 9.17) is 0 Å². The summed E-state index contributed by atoms with van der Waals surface area (Å²) in [6.07, 6.45) is 0.797. The van der Waals surface area contributed by atoms with Crippen LogP contribution in [0.2, 0.25) is 0 Å². The molecule has 1 fully saturated rings. The second kappa shape index (κ2) is 5.87. The van der Waals surface area contributed by atoms with Crippen molar-refractivity contribution in [3.8, 4) is 0 Å². The molecule has 0 aliphatic carbocycles. The Bertz CT molecular complexity index is 614. The van der Waals surface area contributed by atoms with Crippen LogP contribution in [0.25, 0.3) is 0 Å². The first-order valence-corrected chi connectivity index (χ1v) is 7.22. The van der Waals surface area contributed by atoms with Gasteiger partial charge in [0.25, 0.3) is 0 Å². The molecule has 0 unspecified atom stereocenters. The predicted octanol–water partition coefficient (Wildman–Crippen LogP) is 0.814. The van der Waals surface area contributed by atoms with Gasteiger partial charge < -0.3 is 4.90 Å². The normalized spacial score (nSPS) is 15.6. The van der Waals surface area contributed by atoms with Crippen LogP contribution in [-0.2, 0) is 16.1 Å². The Labute approximate surface area is 124 Å². The molecule has 0 bridgehead atoms. The smallest absolute Gasteiger partial charge is 0.340 e. The van der Waals surface area contributed by atoms with E-state index in [0.29, 0.717) is 37.3 Å². The van der Waals surface area contributed by atoms with E-state index in [9.17, 15) is 14.4 Å². The lowest BCUT2D eigenvalue weighted by Crippen LogP contribution is -2.42. The molecular formula is C13H16BrN3O3. The second-order valence-corrected chi connectivity index (χ2v) is 5.68. The summed E-state index contributed by atoms with van der Waals surface area (Å²) < 4.78 is 2.09. The molecule has 1 aromatic rings. The van der Waals surface area contributed by atoms with E-state index in [1.165, 1.54) is 4.57 Å². The van der Waals surface area contributed by atoms with Crippen molar-refractivity contribution in [3.05, 3.63) is 26.3 Å². The fourth-order valence-corrected chi connectivity index (χ4v) is 2.51. The van der Waals surface area contributed by atoms with Crippen LogP contribution in [-0.4, -0.2) is 39.2 Å². The largest absolute Gasteiger partial charge is 0.348 e. The molecule has 0 atom stereocenters. The lowest BCUT2D eigenvalue weighted by Gasteiger charge is -2.26. The molecule has 1 aliphatic rings. The zero-order valence-electron chi connectivity index (χ0n) is 11.5. The number of carbonyl (C=O) groups is 2. The fraction of sp³-hybridized carbons (Fsp3) is 0.538. The summed E-state index contributed by atoms with van der Waals surface area (Å²) in [5.74, 6) is 0.0300. The van der Waals surface area contributed by atoms with Crippen LogP contribution >= 0.6 is 15.9 Å².